The molecule has 1 heterocycles. The first kappa shape index (κ1) is 16.0. The number of carbonyl (C=O) groups excluding carboxylic acids is 1. The molecule has 4 N–H and O–H groups in total. The van der Waals surface area contributed by atoms with Gasteiger partial charge < -0.3 is 20.5 Å². The molecule has 25 heavy (non-hydrogen) atoms. The number of halogens is 1. The number of fused-ring (bicyclic) bond motifs is 2. The van der Waals surface area contributed by atoms with Crippen molar-refractivity contribution in [3.05, 3.63) is 64.3 Å². The number of amides is 1. The molecule has 3 aromatic rings. The minimum absolute atomic E-state index is 0.189. The second kappa shape index (κ2) is 6.10. The van der Waals surface area contributed by atoms with Crippen LogP contribution in [0.25, 0.3) is 10.9 Å². The van der Waals surface area contributed by atoms with Gasteiger partial charge in [-0.25, -0.2) is 0 Å². The van der Waals surface area contributed by atoms with Gasteiger partial charge in [-0.3, -0.25) is 4.79 Å². The van der Waals surface area contributed by atoms with Gasteiger partial charge in [-0.05, 0) is 47.9 Å². The summed E-state index contributed by atoms with van der Waals surface area (Å²) in [7, 11) is 0. The molecule has 0 spiro atoms. The van der Waals surface area contributed by atoms with Crippen LogP contribution in [0.1, 0.15) is 21.6 Å². The first-order chi connectivity index (χ1) is 12.0. The predicted molar refractivity (Wildman–Crippen MR) is 96.1 cm³/mol. The van der Waals surface area contributed by atoms with Crippen molar-refractivity contribution in [1.29, 1.82) is 0 Å². The van der Waals surface area contributed by atoms with Crippen LogP contribution in [0.2, 0.25) is 5.02 Å². The van der Waals surface area contributed by atoms with Crippen LogP contribution >= 0.6 is 11.6 Å². The Morgan fingerprint density at radius 3 is 2.88 bits per heavy atom. The van der Waals surface area contributed by atoms with E-state index in [0.717, 1.165) is 22.0 Å². The number of hydrogen-bond acceptors (Lipinski definition) is 3. The van der Waals surface area contributed by atoms with E-state index in [4.69, 9.17) is 11.6 Å². The quantitative estimate of drug-likeness (QED) is 0.569. The highest BCUT2D eigenvalue weighted by atomic mass is 35.5. The Bertz CT molecular complexity index is 966. The molecule has 6 heteroatoms. The molecule has 0 fully saturated rings. The maximum atomic E-state index is 12.6. The van der Waals surface area contributed by atoms with Crippen molar-refractivity contribution < 1.29 is 15.0 Å². The molecule has 1 aliphatic carbocycles. The van der Waals surface area contributed by atoms with Gasteiger partial charge in [0.15, 0.2) is 0 Å². The summed E-state index contributed by atoms with van der Waals surface area (Å²) in [6, 6.07) is 12.0. The zero-order valence-electron chi connectivity index (χ0n) is 13.3. The lowest BCUT2D eigenvalue weighted by Crippen LogP contribution is -2.48. The Hall–Kier alpha value is -2.50. The average Bonchev–Trinajstić information content (AvgIpc) is 3.00. The van der Waals surface area contributed by atoms with Crippen molar-refractivity contribution in [3.63, 3.8) is 0 Å². The summed E-state index contributed by atoms with van der Waals surface area (Å²) in [5.41, 5.74) is 2.94. The van der Waals surface area contributed by atoms with Crippen molar-refractivity contribution in [2.75, 3.05) is 0 Å². The molecule has 0 aliphatic heterocycles. The normalized spacial score (nSPS) is 19.6. The zero-order chi connectivity index (χ0) is 17.6. The summed E-state index contributed by atoms with van der Waals surface area (Å²) in [6.45, 7) is 0. The lowest BCUT2D eigenvalue weighted by molar-refractivity contribution is 0.0809. The van der Waals surface area contributed by atoms with Crippen LogP contribution in [-0.4, -0.2) is 33.3 Å². The summed E-state index contributed by atoms with van der Waals surface area (Å²) < 4.78 is 0. The Morgan fingerprint density at radius 1 is 1.20 bits per heavy atom. The van der Waals surface area contributed by atoms with Gasteiger partial charge in [0.25, 0.3) is 5.91 Å². The first-order valence-electron chi connectivity index (χ1n) is 8.08. The van der Waals surface area contributed by atoms with Crippen LogP contribution in [0, 0.1) is 0 Å². The van der Waals surface area contributed by atoms with E-state index in [1.807, 2.05) is 12.1 Å². The highest BCUT2D eigenvalue weighted by molar-refractivity contribution is 6.31. The van der Waals surface area contributed by atoms with Gasteiger partial charge in [-0.1, -0.05) is 23.7 Å². The van der Waals surface area contributed by atoms with E-state index in [0.29, 0.717) is 23.6 Å². The molecule has 4 rings (SSSR count). The molecule has 0 radical (unpaired) electrons. The summed E-state index contributed by atoms with van der Waals surface area (Å²) >= 11 is 5.97. The maximum absolute atomic E-state index is 12.6. The van der Waals surface area contributed by atoms with Crippen molar-refractivity contribution >= 4 is 28.4 Å². The van der Waals surface area contributed by atoms with Crippen LogP contribution in [0.15, 0.2) is 42.5 Å². The van der Waals surface area contributed by atoms with E-state index < -0.39 is 12.1 Å². The number of H-pyrrole nitrogens is 1. The van der Waals surface area contributed by atoms with Gasteiger partial charge in [0.05, 0.1) is 12.1 Å². The minimum Gasteiger partial charge on any atom is -0.508 e. The molecule has 0 bridgehead atoms. The number of aromatic nitrogens is 1. The molecule has 128 valence electrons. The summed E-state index contributed by atoms with van der Waals surface area (Å²) in [5, 5.41) is 24.6. The molecular weight excluding hydrogens is 340 g/mol. The molecular formula is C19H17ClN2O3. The van der Waals surface area contributed by atoms with Crippen LogP contribution in [0.4, 0.5) is 0 Å². The lowest BCUT2D eigenvalue weighted by atomic mass is 9.85. The van der Waals surface area contributed by atoms with E-state index in [1.165, 1.54) is 0 Å². The highest BCUT2D eigenvalue weighted by Gasteiger charge is 2.30. The molecule has 2 aromatic carbocycles. The maximum Gasteiger partial charge on any atom is 0.268 e. The number of phenols is 1. The zero-order valence-corrected chi connectivity index (χ0v) is 14.0. The summed E-state index contributed by atoms with van der Waals surface area (Å²) in [4.78, 5) is 15.6. The molecule has 5 nitrogen and oxygen atoms in total. The van der Waals surface area contributed by atoms with Gasteiger partial charge >= 0.3 is 0 Å². The number of hydrogen-bond donors (Lipinski definition) is 4. The van der Waals surface area contributed by atoms with Crippen molar-refractivity contribution in [2.24, 2.45) is 0 Å². The summed E-state index contributed by atoms with van der Waals surface area (Å²) in [6.07, 6.45) is 0.0430. The van der Waals surface area contributed by atoms with Gasteiger partial charge in [0.2, 0.25) is 0 Å². The molecule has 1 aliphatic rings. The van der Waals surface area contributed by atoms with Crippen LogP contribution < -0.4 is 5.32 Å². The van der Waals surface area contributed by atoms with E-state index in [1.54, 1.807) is 30.3 Å². The molecule has 0 saturated carbocycles. The Labute approximate surface area is 149 Å². The number of nitrogens with one attached hydrogen (secondary N) is 2. The van der Waals surface area contributed by atoms with Crippen molar-refractivity contribution in [3.8, 4) is 5.75 Å². The third-order valence-corrected chi connectivity index (χ3v) is 4.94. The van der Waals surface area contributed by atoms with E-state index in [-0.39, 0.29) is 11.7 Å². The van der Waals surface area contributed by atoms with Crippen LogP contribution in [0.3, 0.4) is 0 Å². The average molecular weight is 357 g/mol. The number of carbonyl (C=O) groups is 1. The monoisotopic (exact) mass is 356 g/mol. The minimum atomic E-state index is -0.747. The molecule has 2 unspecified atom stereocenters. The van der Waals surface area contributed by atoms with Gasteiger partial charge in [-0.2, -0.15) is 0 Å². The smallest absolute Gasteiger partial charge is 0.268 e. The topological polar surface area (TPSA) is 85.3 Å². The Balaban J connectivity index is 1.55. The second-order valence-corrected chi connectivity index (χ2v) is 6.82. The van der Waals surface area contributed by atoms with E-state index in [2.05, 4.69) is 10.3 Å². The molecule has 1 aromatic heterocycles. The number of aliphatic hydroxyl groups excluding tert-OH is 1. The third kappa shape index (κ3) is 2.97. The number of aromatic hydroxyl groups is 1. The molecule has 2 atom stereocenters. The predicted octanol–water partition coefficient (Wildman–Crippen LogP) is 2.79. The number of benzene rings is 2. The fraction of sp³-hybridized carbons (Fsp3) is 0.211. The Morgan fingerprint density at radius 2 is 2.04 bits per heavy atom. The van der Waals surface area contributed by atoms with Crippen molar-refractivity contribution in [1.82, 2.24) is 10.3 Å². The van der Waals surface area contributed by atoms with Gasteiger partial charge in [0, 0.05) is 22.3 Å². The number of aromatic amines is 1. The van der Waals surface area contributed by atoms with Crippen LogP contribution in [-0.2, 0) is 12.8 Å². The molecule has 1 amide bonds. The van der Waals surface area contributed by atoms with E-state index in [9.17, 15) is 15.0 Å². The van der Waals surface area contributed by atoms with Gasteiger partial charge in [-0.15, -0.1) is 0 Å². The fourth-order valence-corrected chi connectivity index (χ4v) is 3.57. The van der Waals surface area contributed by atoms with Crippen LogP contribution in [0.5, 0.6) is 5.75 Å². The summed E-state index contributed by atoms with van der Waals surface area (Å²) in [5.74, 6) is -0.0891. The number of phenolic OH excluding ortho intramolecular Hbond substituents is 1. The third-order valence-electron chi connectivity index (χ3n) is 4.71. The number of rotatable bonds is 2. The van der Waals surface area contributed by atoms with Gasteiger partial charge in [0.1, 0.15) is 11.4 Å². The van der Waals surface area contributed by atoms with Crippen molar-refractivity contribution in [2.45, 2.75) is 25.0 Å². The number of aliphatic hydroxyl groups is 1. The lowest BCUT2D eigenvalue weighted by Gasteiger charge is -2.30. The SMILES string of the molecule is O=C(NC1Cc2cccc(O)c2CC1O)c1cc2cc(Cl)ccc2[nH]1. The standard InChI is InChI=1S/C19H17ClN2O3/c20-12-4-5-14-11(6-12)8-16(21-14)19(25)22-15-7-10-2-1-3-17(23)13(10)9-18(15)24/h1-6,8,15,18,21,23-24H,7,9H2,(H,22,25). The first-order valence-corrected chi connectivity index (χ1v) is 8.46. The second-order valence-electron chi connectivity index (χ2n) is 6.38. The highest BCUT2D eigenvalue weighted by Crippen LogP contribution is 2.29. The Kier molecular flexibility index (Phi) is 3.90. The fourth-order valence-electron chi connectivity index (χ4n) is 3.39. The largest absolute Gasteiger partial charge is 0.508 e. The molecule has 0 saturated heterocycles. The van der Waals surface area contributed by atoms with E-state index >= 15 is 0 Å².